The van der Waals surface area contributed by atoms with E-state index >= 15 is 0 Å². The van der Waals surface area contributed by atoms with Gasteiger partial charge in [0, 0.05) is 16.8 Å². The minimum atomic E-state index is 0.0317. The van der Waals surface area contributed by atoms with Gasteiger partial charge in [-0.3, -0.25) is 4.79 Å². The van der Waals surface area contributed by atoms with Gasteiger partial charge in [-0.1, -0.05) is 41.6 Å². The molecule has 25 heavy (non-hydrogen) atoms. The molecule has 4 rings (SSSR count). The van der Waals surface area contributed by atoms with Crippen molar-refractivity contribution < 1.29 is 4.79 Å². The number of hydrogen-bond donors (Lipinski definition) is 1. The summed E-state index contributed by atoms with van der Waals surface area (Å²) in [5.41, 5.74) is 3.74. The Kier molecular flexibility index (Phi) is 4.72. The number of thiophene rings is 1. The minimum Gasteiger partial charge on any atom is -0.351 e. The van der Waals surface area contributed by atoms with Crippen LogP contribution in [0, 0.1) is 6.92 Å². The number of rotatable bonds is 5. The molecule has 0 aliphatic heterocycles. The van der Waals surface area contributed by atoms with Crippen LogP contribution in [0.5, 0.6) is 0 Å². The highest BCUT2D eigenvalue weighted by atomic mass is 32.2. The third-order valence-electron chi connectivity index (χ3n) is 4.42. The van der Waals surface area contributed by atoms with Crippen molar-refractivity contribution in [2.75, 3.05) is 5.75 Å². The number of carbonyl (C=O) groups is 1. The Morgan fingerprint density at radius 2 is 2.08 bits per heavy atom. The van der Waals surface area contributed by atoms with Crippen molar-refractivity contribution in [3.05, 3.63) is 52.2 Å². The molecular weight excluding hydrogens is 350 g/mol. The van der Waals surface area contributed by atoms with Gasteiger partial charge in [-0.2, -0.15) is 0 Å². The van der Waals surface area contributed by atoms with Crippen LogP contribution in [0.1, 0.15) is 28.0 Å². The fraction of sp³-hybridized carbons (Fsp3) is 0.316. The summed E-state index contributed by atoms with van der Waals surface area (Å²) in [7, 11) is 0. The smallest absolute Gasteiger partial charge is 0.230 e. The first-order chi connectivity index (χ1) is 12.2. The number of benzene rings is 1. The van der Waals surface area contributed by atoms with E-state index in [0.29, 0.717) is 12.3 Å². The largest absolute Gasteiger partial charge is 0.351 e. The van der Waals surface area contributed by atoms with Gasteiger partial charge >= 0.3 is 0 Å². The number of aryl methyl sites for hydroxylation is 3. The molecule has 0 fully saturated rings. The van der Waals surface area contributed by atoms with Gasteiger partial charge in [-0.15, -0.1) is 11.3 Å². The molecule has 6 heteroatoms. The van der Waals surface area contributed by atoms with Gasteiger partial charge in [0.15, 0.2) is 0 Å². The maximum absolute atomic E-state index is 12.2. The normalized spacial score (nSPS) is 13.2. The Bertz CT molecular complexity index is 918. The molecular formula is C19H19N3OS2. The summed E-state index contributed by atoms with van der Waals surface area (Å²) in [4.78, 5) is 23.5. The Morgan fingerprint density at radius 1 is 1.24 bits per heavy atom. The van der Waals surface area contributed by atoms with Gasteiger partial charge in [0.05, 0.1) is 5.75 Å². The molecule has 1 amide bonds. The summed E-state index contributed by atoms with van der Waals surface area (Å²) in [6.45, 7) is 2.62. The van der Waals surface area contributed by atoms with E-state index in [-0.39, 0.29) is 5.91 Å². The molecule has 0 spiro atoms. The summed E-state index contributed by atoms with van der Waals surface area (Å²) < 4.78 is 0. The number of carbonyl (C=O) groups excluding carboxylic acids is 1. The lowest BCUT2D eigenvalue weighted by atomic mass is 10.1. The van der Waals surface area contributed by atoms with Crippen molar-refractivity contribution in [1.82, 2.24) is 15.3 Å². The van der Waals surface area contributed by atoms with Crippen LogP contribution in [0.4, 0.5) is 0 Å². The molecule has 2 aromatic heterocycles. The fourth-order valence-corrected chi connectivity index (χ4v) is 5.25. The lowest BCUT2D eigenvalue weighted by Gasteiger charge is -2.06. The van der Waals surface area contributed by atoms with Gasteiger partial charge in [0.2, 0.25) is 5.91 Å². The quantitative estimate of drug-likeness (QED) is 0.547. The van der Waals surface area contributed by atoms with E-state index in [0.717, 1.165) is 28.3 Å². The van der Waals surface area contributed by atoms with Crippen molar-refractivity contribution in [2.24, 2.45) is 0 Å². The molecule has 1 aromatic carbocycles. The topological polar surface area (TPSA) is 54.9 Å². The second-order valence-electron chi connectivity index (χ2n) is 6.27. The van der Waals surface area contributed by atoms with E-state index in [9.17, 15) is 4.79 Å². The predicted octanol–water partition coefficient (Wildman–Crippen LogP) is 3.90. The number of amides is 1. The average Bonchev–Trinajstić information content (AvgIpc) is 3.20. The maximum Gasteiger partial charge on any atom is 0.230 e. The van der Waals surface area contributed by atoms with Crippen LogP contribution in [0.3, 0.4) is 0 Å². The van der Waals surface area contributed by atoms with Crippen LogP contribution in [0.15, 0.2) is 35.6 Å². The van der Waals surface area contributed by atoms with E-state index in [1.165, 1.54) is 39.6 Å². The lowest BCUT2D eigenvalue weighted by Crippen LogP contribution is -2.24. The second-order valence-corrected chi connectivity index (χ2v) is 8.31. The highest BCUT2D eigenvalue weighted by molar-refractivity contribution is 8.00. The Labute approximate surface area is 155 Å². The van der Waals surface area contributed by atoms with Crippen LogP contribution < -0.4 is 5.32 Å². The molecule has 0 saturated carbocycles. The van der Waals surface area contributed by atoms with E-state index in [1.54, 1.807) is 17.7 Å². The van der Waals surface area contributed by atoms with Crippen molar-refractivity contribution in [1.29, 1.82) is 0 Å². The molecule has 0 radical (unpaired) electrons. The van der Waals surface area contributed by atoms with Crippen molar-refractivity contribution in [3.8, 4) is 0 Å². The van der Waals surface area contributed by atoms with E-state index < -0.39 is 0 Å². The average molecular weight is 370 g/mol. The summed E-state index contributed by atoms with van der Waals surface area (Å²) in [6.07, 6.45) is 5.08. The monoisotopic (exact) mass is 369 g/mol. The molecule has 0 atom stereocenters. The molecule has 1 N–H and O–H groups in total. The zero-order valence-corrected chi connectivity index (χ0v) is 15.7. The van der Waals surface area contributed by atoms with Gasteiger partial charge in [-0.05, 0) is 37.3 Å². The Balaban J connectivity index is 1.40. The highest BCUT2D eigenvalue weighted by Crippen LogP contribution is 2.39. The molecule has 0 saturated heterocycles. The molecule has 0 bridgehead atoms. The van der Waals surface area contributed by atoms with Crippen molar-refractivity contribution in [2.45, 2.75) is 37.8 Å². The van der Waals surface area contributed by atoms with Crippen LogP contribution >= 0.6 is 23.1 Å². The summed E-state index contributed by atoms with van der Waals surface area (Å²) >= 11 is 3.29. The van der Waals surface area contributed by atoms with Gasteiger partial charge < -0.3 is 5.32 Å². The number of thioether (sulfide) groups is 1. The standard InChI is InChI=1S/C19H19N3OS2/c1-12-5-7-13(8-6-12)9-20-16(23)10-24-18-17-14-3-2-4-15(14)25-19(17)22-11-21-18/h5-8,11H,2-4,9-10H2,1H3,(H,20,23). The summed E-state index contributed by atoms with van der Waals surface area (Å²) in [5.74, 6) is 0.409. The number of hydrogen-bond acceptors (Lipinski definition) is 5. The first kappa shape index (κ1) is 16.5. The Morgan fingerprint density at radius 3 is 2.92 bits per heavy atom. The number of nitrogens with one attached hydrogen (secondary N) is 1. The molecule has 1 aliphatic rings. The molecule has 128 valence electrons. The molecule has 0 unspecified atom stereocenters. The zero-order chi connectivity index (χ0) is 17.2. The van der Waals surface area contributed by atoms with Crippen molar-refractivity contribution >= 4 is 39.2 Å². The van der Waals surface area contributed by atoms with Gasteiger partial charge in [-0.25, -0.2) is 9.97 Å². The van der Waals surface area contributed by atoms with Crippen LogP contribution in [-0.4, -0.2) is 21.6 Å². The Hall–Kier alpha value is -1.92. The number of aromatic nitrogens is 2. The molecule has 3 aromatic rings. The third kappa shape index (κ3) is 3.55. The van der Waals surface area contributed by atoms with Crippen LogP contribution in [-0.2, 0) is 24.2 Å². The first-order valence-corrected chi connectivity index (χ1v) is 10.2. The van der Waals surface area contributed by atoms with Crippen LogP contribution in [0.25, 0.3) is 10.2 Å². The van der Waals surface area contributed by atoms with E-state index in [1.807, 2.05) is 12.1 Å². The fourth-order valence-electron chi connectivity index (χ4n) is 3.10. The third-order valence-corrected chi connectivity index (χ3v) is 6.61. The minimum absolute atomic E-state index is 0.0317. The lowest BCUT2D eigenvalue weighted by molar-refractivity contribution is -0.118. The van der Waals surface area contributed by atoms with E-state index in [4.69, 9.17) is 0 Å². The van der Waals surface area contributed by atoms with Crippen LogP contribution in [0.2, 0.25) is 0 Å². The molecule has 2 heterocycles. The maximum atomic E-state index is 12.2. The van der Waals surface area contributed by atoms with E-state index in [2.05, 4.69) is 34.3 Å². The second kappa shape index (κ2) is 7.14. The summed E-state index contributed by atoms with van der Waals surface area (Å²) in [5, 5.41) is 5.10. The summed E-state index contributed by atoms with van der Waals surface area (Å²) in [6, 6.07) is 8.22. The number of nitrogens with zero attached hydrogens (tertiary/aromatic N) is 2. The van der Waals surface area contributed by atoms with Gasteiger partial charge in [0.1, 0.15) is 16.2 Å². The molecule has 1 aliphatic carbocycles. The zero-order valence-electron chi connectivity index (χ0n) is 14.0. The van der Waals surface area contributed by atoms with Crippen molar-refractivity contribution in [3.63, 3.8) is 0 Å². The SMILES string of the molecule is Cc1ccc(CNC(=O)CSc2ncnc3sc4c(c23)CCC4)cc1. The van der Waals surface area contributed by atoms with Gasteiger partial charge in [0.25, 0.3) is 0 Å². The highest BCUT2D eigenvalue weighted by Gasteiger charge is 2.21. The first-order valence-electron chi connectivity index (χ1n) is 8.41. The predicted molar refractivity (Wildman–Crippen MR) is 103 cm³/mol. The molecule has 4 nitrogen and oxygen atoms in total. The number of fused-ring (bicyclic) bond motifs is 3.